The van der Waals surface area contributed by atoms with E-state index in [2.05, 4.69) is 39.2 Å². The van der Waals surface area contributed by atoms with E-state index >= 15 is 0 Å². The van der Waals surface area contributed by atoms with Crippen LogP contribution in [0.25, 0.3) is 67.2 Å². The van der Waals surface area contributed by atoms with Crippen LogP contribution in [0.15, 0.2) is 182 Å². The molecule has 4 nitrogen and oxygen atoms in total. The molecule has 280 valence electrons. The highest BCUT2D eigenvalue weighted by Gasteiger charge is 2.29. The molecule has 0 saturated carbocycles. The summed E-state index contributed by atoms with van der Waals surface area (Å²) in [6.45, 7) is 0. The van der Waals surface area contributed by atoms with E-state index in [-0.39, 0.29) is 28.6 Å². The van der Waals surface area contributed by atoms with Crippen molar-refractivity contribution in [3.05, 3.63) is 205 Å². The Morgan fingerprint density at radius 3 is 1.07 bits per heavy atom. The zero-order valence-electron chi connectivity index (χ0n) is 30.5. The van der Waals surface area contributed by atoms with E-state index in [1.54, 1.807) is 0 Å². The van der Waals surface area contributed by atoms with E-state index < -0.39 is 30.4 Å². The van der Waals surface area contributed by atoms with Gasteiger partial charge in [-0.2, -0.15) is 0 Å². The largest absolute Gasteiger partial charge is 0.309 e. The van der Waals surface area contributed by atoms with Gasteiger partial charge in [0.15, 0.2) is 24.6 Å². The van der Waals surface area contributed by atoms with Gasteiger partial charge < -0.3 is 4.57 Å². The lowest BCUT2D eigenvalue weighted by Crippen LogP contribution is -2.24. The number of fused-ring (bicyclic) bond motifs is 1. The maximum absolute atomic E-state index is 14.9. The number of halogens is 4. The molecular weight excluding hydrogens is 754 g/mol. The molecule has 9 aromatic rings. The molecule has 0 aliphatic rings. The van der Waals surface area contributed by atoms with Crippen LogP contribution in [0, 0.1) is 23.3 Å². The fourth-order valence-electron chi connectivity index (χ4n) is 7.30. The average molecular weight is 784 g/mol. The minimum absolute atomic E-state index is 0.0403. The van der Waals surface area contributed by atoms with Gasteiger partial charge in [0.05, 0.1) is 0 Å². The van der Waals surface area contributed by atoms with Crippen LogP contribution in [-0.4, -0.2) is 15.0 Å². The highest BCUT2D eigenvalue weighted by molar-refractivity contribution is 7.85. The Morgan fingerprint density at radius 1 is 0.328 bits per heavy atom. The molecule has 0 atom stereocenters. The van der Waals surface area contributed by atoms with Crippen LogP contribution in [0.4, 0.5) is 17.6 Å². The minimum Gasteiger partial charge on any atom is -0.309 e. The summed E-state index contributed by atoms with van der Waals surface area (Å²) in [7, 11) is -3.13. The van der Waals surface area contributed by atoms with Crippen molar-refractivity contribution in [2.45, 2.75) is 0 Å². The van der Waals surface area contributed by atoms with Crippen LogP contribution in [0.1, 0.15) is 0 Å². The molecule has 9 heteroatoms. The number of benzene rings is 8. The van der Waals surface area contributed by atoms with Crippen molar-refractivity contribution in [3.8, 4) is 56.4 Å². The molecule has 0 aliphatic heterocycles. The summed E-state index contributed by atoms with van der Waals surface area (Å²) in [5.74, 6) is -3.29. The van der Waals surface area contributed by atoms with Crippen LogP contribution in [0.2, 0.25) is 0 Å². The van der Waals surface area contributed by atoms with Crippen molar-refractivity contribution in [2.75, 3.05) is 0 Å². The lowest BCUT2D eigenvalue weighted by Gasteiger charge is -2.20. The molecule has 0 fully saturated rings. The Kier molecular flexibility index (Phi) is 9.56. The molecule has 0 spiro atoms. The first-order valence-corrected chi connectivity index (χ1v) is 20.1. The van der Waals surface area contributed by atoms with Gasteiger partial charge in [0.1, 0.15) is 23.3 Å². The van der Waals surface area contributed by atoms with E-state index in [1.165, 1.54) is 0 Å². The summed E-state index contributed by atoms with van der Waals surface area (Å²) in [6.07, 6.45) is 0. The Labute approximate surface area is 331 Å². The third-order valence-corrected chi connectivity index (χ3v) is 13.1. The maximum Gasteiger partial charge on any atom is 0.171 e. The quantitative estimate of drug-likeness (QED) is 0.114. The van der Waals surface area contributed by atoms with Gasteiger partial charge in [-0.3, -0.25) is 0 Å². The molecule has 0 aliphatic carbocycles. The van der Waals surface area contributed by atoms with Gasteiger partial charge in [-0.25, -0.2) is 32.5 Å². The first kappa shape index (κ1) is 36.6. The zero-order chi connectivity index (χ0) is 39.8. The van der Waals surface area contributed by atoms with Crippen molar-refractivity contribution >= 4 is 33.8 Å². The van der Waals surface area contributed by atoms with Gasteiger partial charge in [-0.1, -0.05) is 146 Å². The lowest BCUT2D eigenvalue weighted by atomic mass is 9.92. The molecule has 9 rings (SSSR count). The highest BCUT2D eigenvalue weighted by Crippen LogP contribution is 2.43. The lowest BCUT2D eigenvalue weighted by molar-refractivity contribution is 0.583. The summed E-state index contributed by atoms with van der Waals surface area (Å²) in [5, 5.41) is 4.34. The normalized spacial score (nSPS) is 11.5. The first-order valence-electron chi connectivity index (χ1n) is 18.4. The van der Waals surface area contributed by atoms with E-state index in [0.717, 1.165) is 85.3 Å². The van der Waals surface area contributed by atoms with Crippen LogP contribution < -0.4 is 15.9 Å². The second-order valence-corrected chi connectivity index (χ2v) is 16.5. The molecule has 1 heterocycles. The van der Waals surface area contributed by atoms with E-state index in [4.69, 9.17) is 0 Å². The van der Waals surface area contributed by atoms with Gasteiger partial charge in [0, 0.05) is 44.7 Å². The summed E-state index contributed by atoms with van der Waals surface area (Å²) >= 11 is 0. The average Bonchev–Trinajstić information content (AvgIpc) is 3.25. The van der Waals surface area contributed by atoms with E-state index in [1.807, 2.05) is 121 Å². The van der Waals surface area contributed by atoms with Gasteiger partial charge in [0.25, 0.3) is 0 Å². The van der Waals surface area contributed by atoms with Crippen LogP contribution in [0.5, 0.6) is 0 Å². The van der Waals surface area contributed by atoms with E-state index in [0.29, 0.717) is 5.56 Å². The Balaban J connectivity index is 1.08. The summed E-state index contributed by atoms with van der Waals surface area (Å²) in [6, 6.07) is 52.7. The topological polar surface area (TPSA) is 55.7 Å². The van der Waals surface area contributed by atoms with Crippen molar-refractivity contribution in [1.29, 1.82) is 0 Å². The standard InChI is InChI=1S/C49H30F4N3OP/c50-36-25-34(26-37(51)29-36)48-54-47(55-49(56-48)35-27-38(52)30-39(53)28-35)33-17-15-31(16-18-33)43-23-24-44(46-14-8-7-13-45(43)46)32-19-21-42(22-20-32)58(57,40-9-3-1-4-10-40)41-11-5-2-6-12-41/h1-30H. The fourth-order valence-corrected chi connectivity index (χ4v) is 9.95. The SMILES string of the molecule is O=P(c1ccccc1)(c1ccccc1)c1ccc(-c2ccc(-c3ccc(-c4nc(-c5cc(F)cc(F)c5)nc(-c5cc(F)cc(F)c5)n4)cc3)c3ccccc23)cc1. The summed E-state index contributed by atoms with van der Waals surface area (Å²) < 4.78 is 72.0. The highest BCUT2D eigenvalue weighted by atomic mass is 31.2. The number of rotatable bonds is 8. The molecule has 0 N–H and O–H groups in total. The summed E-state index contributed by atoms with van der Waals surface area (Å²) in [4.78, 5) is 13.4. The van der Waals surface area contributed by atoms with Crippen LogP contribution >= 0.6 is 7.14 Å². The second-order valence-electron chi connectivity index (χ2n) is 13.7. The van der Waals surface area contributed by atoms with Gasteiger partial charge in [-0.05, 0) is 57.3 Å². The molecule has 58 heavy (non-hydrogen) atoms. The molecule has 0 unspecified atom stereocenters. The monoisotopic (exact) mass is 783 g/mol. The van der Waals surface area contributed by atoms with Gasteiger partial charge in [-0.15, -0.1) is 0 Å². The molecule has 0 radical (unpaired) electrons. The number of aromatic nitrogens is 3. The Bertz CT molecular complexity index is 2860. The van der Waals surface area contributed by atoms with Gasteiger partial charge in [0.2, 0.25) is 0 Å². The predicted octanol–water partition coefficient (Wildman–Crippen LogP) is 11.6. The van der Waals surface area contributed by atoms with Crippen molar-refractivity contribution < 1.29 is 22.1 Å². The van der Waals surface area contributed by atoms with Gasteiger partial charge >= 0.3 is 0 Å². The zero-order valence-corrected chi connectivity index (χ0v) is 31.4. The van der Waals surface area contributed by atoms with Crippen molar-refractivity contribution in [1.82, 2.24) is 15.0 Å². The number of nitrogens with zero attached hydrogens (tertiary/aromatic N) is 3. The maximum atomic E-state index is 14.9. The Morgan fingerprint density at radius 2 is 0.655 bits per heavy atom. The number of hydrogen-bond acceptors (Lipinski definition) is 4. The van der Waals surface area contributed by atoms with Crippen LogP contribution in [-0.2, 0) is 4.57 Å². The molecule has 0 saturated heterocycles. The molecule has 0 bridgehead atoms. The fraction of sp³-hybridized carbons (Fsp3) is 0. The smallest absolute Gasteiger partial charge is 0.171 e. The van der Waals surface area contributed by atoms with Crippen molar-refractivity contribution in [2.24, 2.45) is 0 Å². The van der Waals surface area contributed by atoms with Crippen molar-refractivity contribution in [3.63, 3.8) is 0 Å². The molecule has 8 aromatic carbocycles. The second kappa shape index (κ2) is 15.1. The van der Waals surface area contributed by atoms with Crippen LogP contribution in [0.3, 0.4) is 0 Å². The third-order valence-electron chi connectivity index (χ3n) is 10.0. The molecule has 1 aromatic heterocycles. The summed E-state index contributed by atoms with van der Waals surface area (Å²) in [5.41, 5.74) is 4.51. The minimum atomic E-state index is -3.13. The van der Waals surface area contributed by atoms with E-state index in [9.17, 15) is 22.1 Å². The molecular formula is C49H30F4N3OP. The molecule has 0 amide bonds. The first-order chi connectivity index (χ1) is 28.2. The predicted molar refractivity (Wildman–Crippen MR) is 224 cm³/mol. The third kappa shape index (κ3) is 6.99. The number of hydrogen-bond donors (Lipinski definition) is 0. The Hall–Kier alpha value is -7.02.